The van der Waals surface area contributed by atoms with Crippen molar-refractivity contribution < 1.29 is 4.74 Å². The van der Waals surface area contributed by atoms with Crippen LogP contribution in [0.4, 0.5) is 0 Å². The fourth-order valence-corrected chi connectivity index (χ4v) is 2.87. The molecule has 2 heterocycles. The van der Waals surface area contributed by atoms with Crippen molar-refractivity contribution in [2.45, 2.75) is 39.2 Å². The Hall–Kier alpha value is -0.580. The van der Waals surface area contributed by atoms with Crippen molar-refractivity contribution in [3.8, 4) is 0 Å². The highest BCUT2D eigenvalue weighted by atomic mass is 35.5. The van der Waals surface area contributed by atoms with Gasteiger partial charge in [0.15, 0.2) is 5.15 Å². The number of ether oxygens (including phenoxy) is 1. The maximum atomic E-state index is 6.21. The smallest absolute Gasteiger partial charge is 0.151 e. The zero-order valence-electron chi connectivity index (χ0n) is 11.9. The van der Waals surface area contributed by atoms with Gasteiger partial charge in [0.1, 0.15) is 5.82 Å². The molecular weight excluding hydrogens is 262 g/mol. The monoisotopic (exact) mass is 285 g/mol. The number of aryl methyl sites for hydroxylation is 1. The Morgan fingerprint density at radius 1 is 1.53 bits per heavy atom. The minimum atomic E-state index is 0.640. The van der Waals surface area contributed by atoms with Crippen LogP contribution in [-0.4, -0.2) is 41.7 Å². The summed E-state index contributed by atoms with van der Waals surface area (Å²) in [5.74, 6) is 1.68. The number of aromatic amines is 1. The Balaban J connectivity index is 1.87. The zero-order valence-corrected chi connectivity index (χ0v) is 12.7. The van der Waals surface area contributed by atoms with E-state index in [1.165, 1.54) is 12.8 Å². The van der Waals surface area contributed by atoms with E-state index >= 15 is 0 Å². The van der Waals surface area contributed by atoms with Crippen LogP contribution in [0, 0.1) is 5.92 Å². The molecule has 0 aliphatic carbocycles. The predicted molar refractivity (Wildman–Crippen MR) is 77.5 cm³/mol. The molecule has 0 radical (unpaired) electrons. The van der Waals surface area contributed by atoms with Gasteiger partial charge < -0.3 is 9.72 Å². The van der Waals surface area contributed by atoms with E-state index in [9.17, 15) is 0 Å². The molecule has 108 valence electrons. The van der Waals surface area contributed by atoms with Crippen molar-refractivity contribution in [2.24, 2.45) is 5.92 Å². The lowest BCUT2D eigenvalue weighted by Crippen LogP contribution is -2.21. The van der Waals surface area contributed by atoms with Crippen LogP contribution in [0.5, 0.6) is 0 Å². The predicted octanol–water partition coefficient (Wildman–Crippen LogP) is 2.87. The average molecular weight is 286 g/mol. The lowest BCUT2D eigenvalue weighted by atomic mass is 10.1. The lowest BCUT2D eigenvalue weighted by molar-refractivity contribution is 0.152. The molecule has 0 aromatic carbocycles. The van der Waals surface area contributed by atoms with Crippen LogP contribution < -0.4 is 0 Å². The van der Waals surface area contributed by atoms with Gasteiger partial charge in [-0.25, -0.2) is 4.98 Å². The van der Waals surface area contributed by atoms with Crippen molar-refractivity contribution >= 4 is 11.6 Å². The molecule has 2 rings (SSSR count). The van der Waals surface area contributed by atoms with Gasteiger partial charge >= 0.3 is 0 Å². The van der Waals surface area contributed by atoms with E-state index in [-0.39, 0.29) is 0 Å². The third-order valence-electron chi connectivity index (χ3n) is 3.70. The number of methoxy groups -OCH3 is 1. The molecule has 1 N–H and O–H groups in total. The summed E-state index contributed by atoms with van der Waals surface area (Å²) in [6.07, 6.45) is 4.53. The number of aromatic nitrogens is 2. The number of hydrogen-bond acceptors (Lipinski definition) is 3. The number of nitrogens with one attached hydrogen (secondary N) is 1. The number of halogens is 1. The molecule has 1 aliphatic rings. The van der Waals surface area contributed by atoms with E-state index in [0.717, 1.165) is 50.6 Å². The van der Waals surface area contributed by atoms with Gasteiger partial charge in [-0.15, -0.1) is 0 Å². The molecule has 1 aliphatic heterocycles. The second-order valence-corrected chi connectivity index (χ2v) is 5.76. The van der Waals surface area contributed by atoms with Gasteiger partial charge in [-0.05, 0) is 25.3 Å². The molecule has 1 aromatic rings. The second kappa shape index (κ2) is 7.27. The van der Waals surface area contributed by atoms with Gasteiger partial charge in [0.2, 0.25) is 0 Å². The van der Waals surface area contributed by atoms with Gasteiger partial charge in [0, 0.05) is 26.6 Å². The number of imidazole rings is 1. The average Bonchev–Trinajstić information content (AvgIpc) is 2.96. The highest BCUT2D eigenvalue weighted by Crippen LogP contribution is 2.21. The van der Waals surface area contributed by atoms with Crippen LogP contribution in [0.2, 0.25) is 5.15 Å². The Morgan fingerprint density at radius 2 is 2.37 bits per heavy atom. The van der Waals surface area contributed by atoms with E-state index in [4.69, 9.17) is 16.3 Å². The van der Waals surface area contributed by atoms with Gasteiger partial charge in [0.25, 0.3) is 0 Å². The highest BCUT2D eigenvalue weighted by Gasteiger charge is 2.23. The van der Waals surface area contributed by atoms with Gasteiger partial charge in [-0.2, -0.15) is 0 Å². The molecule has 19 heavy (non-hydrogen) atoms. The summed E-state index contributed by atoms with van der Waals surface area (Å²) in [6, 6.07) is 0. The molecule has 0 saturated carbocycles. The van der Waals surface area contributed by atoms with Crippen LogP contribution >= 0.6 is 11.6 Å². The quantitative estimate of drug-likeness (QED) is 0.837. The van der Waals surface area contributed by atoms with Crippen molar-refractivity contribution in [1.29, 1.82) is 0 Å². The maximum Gasteiger partial charge on any atom is 0.151 e. The summed E-state index contributed by atoms with van der Waals surface area (Å²) in [5, 5.41) is 0.640. The first kappa shape index (κ1) is 14.8. The Kier molecular flexibility index (Phi) is 5.67. The van der Waals surface area contributed by atoms with E-state index < -0.39 is 0 Å². The molecule has 1 saturated heterocycles. The third kappa shape index (κ3) is 4.20. The fourth-order valence-electron chi connectivity index (χ4n) is 2.66. The van der Waals surface area contributed by atoms with E-state index in [2.05, 4.69) is 21.8 Å². The number of hydrogen-bond donors (Lipinski definition) is 1. The molecular formula is C14H24ClN3O. The fraction of sp³-hybridized carbons (Fsp3) is 0.786. The minimum Gasteiger partial charge on any atom is -0.384 e. The van der Waals surface area contributed by atoms with Crippen LogP contribution in [0.25, 0.3) is 0 Å². The molecule has 5 heteroatoms. The number of unbranched alkanes of at least 4 members (excludes halogenated alkanes) is 1. The molecule has 1 aromatic heterocycles. The molecule has 1 fully saturated rings. The first-order valence-corrected chi connectivity index (χ1v) is 7.55. The van der Waals surface area contributed by atoms with E-state index in [1.54, 1.807) is 7.11 Å². The van der Waals surface area contributed by atoms with Gasteiger partial charge in [0.05, 0.1) is 12.3 Å². The first-order chi connectivity index (χ1) is 9.22. The topological polar surface area (TPSA) is 41.2 Å². The summed E-state index contributed by atoms with van der Waals surface area (Å²) in [5.41, 5.74) is 1.06. The highest BCUT2D eigenvalue weighted by molar-refractivity contribution is 6.30. The molecule has 0 bridgehead atoms. The van der Waals surface area contributed by atoms with Crippen molar-refractivity contribution in [1.82, 2.24) is 14.9 Å². The normalized spacial score (nSPS) is 20.3. The molecule has 0 spiro atoms. The summed E-state index contributed by atoms with van der Waals surface area (Å²) >= 11 is 6.21. The lowest BCUT2D eigenvalue weighted by Gasteiger charge is -2.14. The number of likely N-dealkylation sites (tertiary alicyclic amines) is 1. The largest absolute Gasteiger partial charge is 0.384 e. The van der Waals surface area contributed by atoms with Crippen LogP contribution in [-0.2, 0) is 17.7 Å². The first-order valence-electron chi connectivity index (χ1n) is 7.17. The number of nitrogens with zero attached hydrogens (tertiary/aromatic N) is 2. The van der Waals surface area contributed by atoms with Crippen LogP contribution in [0.1, 0.15) is 37.7 Å². The van der Waals surface area contributed by atoms with Gasteiger partial charge in [-0.3, -0.25) is 4.90 Å². The van der Waals surface area contributed by atoms with E-state index in [1.807, 2.05) is 0 Å². The molecule has 4 nitrogen and oxygen atoms in total. The molecule has 1 atom stereocenters. The summed E-state index contributed by atoms with van der Waals surface area (Å²) in [4.78, 5) is 10.2. The summed E-state index contributed by atoms with van der Waals surface area (Å²) in [6.45, 7) is 6.12. The number of H-pyrrole nitrogens is 1. The third-order valence-corrected chi connectivity index (χ3v) is 4.01. The van der Waals surface area contributed by atoms with Crippen molar-refractivity contribution in [2.75, 3.05) is 26.8 Å². The molecule has 0 unspecified atom stereocenters. The Bertz CT molecular complexity index is 394. The maximum absolute atomic E-state index is 6.21. The number of rotatable bonds is 7. The van der Waals surface area contributed by atoms with Crippen LogP contribution in [0.3, 0.4) is 0 Å². The Morgan fingerprint density at radius 3 is 3.11 bits per heavy atom. The van der Waals surface area contributed by atoms with E-state index in [0.29, 0.717) is 11.1 Å². The van der Waals surface area contributed by atoms with Gasteiger partial charge in [-0.1, -0.05) is 24.9 Å². The van der Waals surface area contributed by atoms with Crippen molar-refractivity contribution in [3.63, 3.8) is 0 Å². The van der Waals surface area contributed by atoms with Crippen molar-refractivity contribution in [3.05, 3.63) is 16.7 Å². The summed E-state index contributed by atoms with van der Waals surface area (Å²) in [7, 11) is 1.77. The summed E-state index contributed by atoms with van der Waals surface area (Å²) < 4.78 is 5.22. The molecule has 0 amide bonds. The second-order valence-electron chi connectivity index (χ2n) is 5.40. The standard InChI is InChI=1S/C14H24ClN3O/c1-3-4-5-13-16-12(14(15)17-13)9-18-7-6-11(8-18)10-19-2/h11H,3-10H2,1-2H3,(H,16,17)/t11-/m1/s1. The SMILES string of the molecule is CCCCc1nc(Cl)c(CN2CC[C@@H](COC)C2)[nH]1. The Labute approximate surface area is 120 Å². The minimum absolute atomic E-state index is 0.640. The zero-order chi connectivity index (χ0) is 13.7. The van der Waals surface area contributed by atoms with Crippen LogP contribution in [0.15, 0.2) is 0 Å².